The summed E-state index contributed by atoms with van der Waals surface area (Å²) in [7, 11) is 1.64. The van der Waals surface area contributed by atoms with Crippen molar-refractivity contribution in [2.75, 3.05) is 7.11 Å². The SMILES string of the molecule is COc1ccc(C2OC23CCc2ccccc2C3=O)cc1. The minimum absolute atomic E-state index is 0.121. The molecule has 4 rings (SSSR count). The molecule has 2 aliphatic rings. The smallest absolute Gasteiger partial charge is 0.198 e. The number of Topliss-reactive ketones (excluding diaryl/α,β-unsaturated/α-hetero) is 1. The highest BCUT2D eigenvalue weighted by Crippen LogP contribution is 2.56. The summed E-state index contributed by atoms with van der Waals surface area (Å²) in [6, 6.07) is 15.6. The normalized spacial score (nSPS) is 26.5. The third kappa shape index (κ3) is 1.81. The zero-order chi connectivity index (χ0) is 14.4. The van der Waals surface area contributed by atoms with Gasteiger partial charge in [0.05, 0.1) is 7.11 Å². The molecule has 1 heterocycles. The van der Waals surface area contributed by atoms with Crippen LogP contribution in [0.4, 0.5) is 0 Å². The number of hydrogen-bond acceptors (Lipinski definition) is 3. The Bertz CT molecular complexity index is 705. The molecular weight excluding hydrogens is 264 g/mol. The Morgan fingerprint density at radius 2 is 1.90 bits per heavy atom. The number of aryl methyl sites for hydroxylation is 1. The van der Waals surface area contributed by atoms with E-state index in [-0.39, 0.29) is 11.9 Å². The van der Waals surface area contributed by atoms with E-state index in [9.17, 15) is 4.79 Å². The van der Waals surface area contributed by atoms with Crippen LogP contribution in [0.5, 0.6) is 5.75 Å². The van der Waals surface area contributed by atoms with Gasteiger partial charge in [-0.2, -0.15) is 0 Å². The van der Waals surface area contributed by atoms with Crippen molar-refractivity contribution in [3.8, 4) is 5.75 Å². The second-order valence-corrected chi connectivity index (χ2v) is 5.65. The molecule has 106 valence electrons. The van der Waals surface area contributed by atoms with E-state index in [1.54, 1.807) is 7.11 Å². The molecule has 1 aliphatic heterocycles. The van der Waals surface area contributed by atoms with Crippen molar-refractivity contribution in [3.63, 3.8) is 0 Å². The Labute approximate surface area is 123 Å². The van der Waals surface area contributed by atoms with E-state index in [1.165, 1.54) is 0 Å². The summed E-state index contributed by atoms with van der Waals surface area (Å²) in [6.07, 6.45) is 1.54. The van der Waals surface area contributed by atoms with Crippen LogP contribution in [0.15, 0.2) is 48.5 Å². The number of benzene rings is 2. The third-order valence-electron chi connectivity index (χ3n) is 4.53. The Hall–Kier alpha value is -2.13. The summed E-state index contributed by atoms with van der Waals surface area (Å²) in [5.74, 6) is 0.943. The summed E-state index contributed by atoms with van der Waals surface area (Å²) < 4.78 is 11.0. The molecule has 1 fully saturated rings. The average Bonchev–Trinajstić information content (AvgIpc) is 3.27. The Morgan fingerprint density at radius 3 is 2.67 bits per heavy atom. The molecule has 3 heteroatoms. The molecule has 2 atom stereocenters. The number of hydrogen-bond donors (Lipinski definition) is 0. The molecule has 0 saturated carbocycles. The quantitative estimate of drug-likeness (QED) is 0.792. The van der Waals surface area contributed by atoms with Crippen LogP contribution in [0.1, 0.15) is 34.0 Å². The van der Waals surface area contributed by atoms with Crippen LogP contribution < -0.4 is 4.74 Å². The van der Waals surface area contributed by atoms with Gasteiger partial charge in [-0.1, -0.05) is 36.4 Å². The summed E-state index contributed by atoms with van der Waals surface area (Å²) in [4.78, 5) is 12.8. The van der Waals surface area contributed by atoms with Crippen molar-refractivity contribution in [2.24, 2.45) is 0 Å². The lowest BCUT2D eigenvalue weighted by Gasteiger charge is -2.20. The minimum Gasteiger partial charge on any atom is -0.497 e. The molecule has 1 spiro atoms. The number of methoxy groups -OCH3 is 1. The maximum absolute atomic E-state index is 12.8. The van der Waals surface area contributed by atoms with Crippen LogP contribution in [-0.2, 0) is 11.2 Å². The van der Waals surface area contributed by atoms with Crippen molar-refractivity contribution >= 4 is 5.78 Å². The van der Waals surface area contributed by atoms with Crippen LogP contribution in [0.25, 0.3) is 0 Å². The fourth-order valence-corrected chi connectivity index (χ4v) is 3.28. The number of carbonyl (C=O) groups is 1. The van der Waals surface area contributed by atoms with Crippen molar-refractivity contribution in [1.29, 1.82) is 0 Å². The fraction of sp³-hybridized carbons (Fsp3) is 0.278. The highest BCUT2D eigenvalue weighted by Gasteiger charge is 2.63. The molecule has 2 aromatic carbocycles. The van der Waals surface area contributed by atoms with Gasteiger partial charge in [0.2, 0.25) is 0 Å². The lowest BCUT2D eigenvalue weighted by Crippen LogP contribution is -2.31. The summed E-state index contributed by atoms with van der Waals surface area (Å²) in [5, 5.41) is 0. The lowest BCUT2D eigenvalue weighted by atomic mass is 9.79. The number of ether oxygens (including phenoxy) is 2. The standard InChI is InChI=1S/C18H16O3/c1-20-14-8-6-13(7-9-14)17-18(21-17)11-10-12-4-2-3-5-15(12)16(18)19/h2-9,17H,10-11H2,1H3. The van der Waals surface area contributed by atoms with E-state index in [4.69, 9.17) is 9.47 Å². The van der Waals surface area contributed by atoms with E-state index in [2.05, 4.69) is 0 Å². The van der Waals surface area contributed by atoms with Gasteiger partial charge in [-0.25, -0.2) is 0 Å². The molecule has 0 amide bonds. The predicted octanol–water partition coefficient (Wildman–Crippen LogP) is 3.33. The molecule has 0 N–H and O–H groups in total. The van der Waals surface area contributed by atoms with E-state index < -0.39 is 5.60 Å². The van der Waals surface area contributed by atoms with Crippen LogP contribution in [-0.4, -0.2) is 18.5 Å². The van der Waals surface area contributed by atoms with Gasteiger partial charge in [0.25, 0.3) is 0 Å². The lowest BCUT2D eigenvalue weighted by molar-refractivity contribution is 0.0850. The van der Waals surface area contributed by atoms with Crippen LogP contribution >= 0.6 is 0 Å². The first-order chi connectivity index (χ1) is 10.2. The largest absolute Gasteiger partial charge is 0.497 e. The van der Waals surface area contributed by atoms with Gasteiger partial charge in [0.15, 0.2) is 11.4 Å². The summed E-state index contributed by atoms with van der Waals surface area (Å²) in [6.45, 7) is 0. The van der Waals surface area contributed by atoms with Crippen molar-refractivity contribution < 1.29 is 14.3 Å². The molecule has 21 heavy (non-hydrogen) atoms. The number of epoxide rings is 1. The van der Waals surface area contributed by atoms with Gasteiger partial charge >= 0.3 is 0 Å². The first kappa shape index (κ1) is 12.6. The molecule has 0 bridgehead atoms. The Kier molecular flexibility index (Phi) is 2.66. The van der Waals surface area contributed by atoms with E-state index in [0.717, 1.165) is 35.3 Å². The molecular formula is C18H16O3. The monoisotopic (exact) mass is 280 g/mol. The second-order valence-electron chi connectivity index (χ2n) is 5.65. The Balaban J connectivity index is 1.64. The zero-order valence-corrected chi connectivity index (χ0v) is 11.8. The molecule has 0 radical (unpaired) electrons. The maximum Gasteiger partial charge on any atom is 0.198 e. The second kappa shape index (κ2) is 4.43. The highest BCUT2D eigenvalue weighted by atomic mass is 16.6. The molecule has 3 nitrogen and oxygen atoms in total. The molecule has 1 saturated heterocycles. The number of fused-ring (bicyclic) bond motifs is 1. The predicted molar refractivity (Wildman–Crippen MR) is 78.6 cm³/mol. The van der Waals surface area contributed by atoms with Crippen molar-refractivity contribution in [1.82, 2.24) is 0 Å². The van der Waals surface area contributed by atoms with Gasteiger partial charge in [0.1, 0.15) is 11.9 Å². The first-order valence-corrected chi connectivity index (χ1v) is 7.19. The average molecular weight is 280 g/mol. The highest BCUT2D eigenvalue weighted by molar-refractivity contribution is 6.07. The van der Waals surface area contributed by atoms with Gasteiger partial charge in [-0.15, -0.1) is 0 Å². The number of ketones is 1. The van der Waals surface area contributed by atoms with E-state index in [0.29, 0.717) is 0 Å². The topological polar surface area (TPSA) is 38.8 Å². The number of carbonyl (C=O) groups excluding carboxylic acids is 1. The Morgan fingerprint density at radius 1 is 1.14 bits per heavy atom. The van der Waals surface area contributed by atoms with Gasteiger partial charge < -0.3 is 9.47 Å². The molecule has 1 aliphatic carbocycles. The maximum atomic E-state index is 12.8. The molecule has 0 aromatic heterocycles. The molecule has 2 aromatic rings. The van der Waals surface area contributed by atoms with E-state index in [1.807, 2.05) is 48.5 Å². The molecule has 2 unspecified atom stereocenters. The summed E-state index contributed by atoms with van der Waals surface area (Å²) >= 11 is 0. The van der Waals surface area contributed by atoms with Crippen molar-refractivity contribution in [3.05, 3.63) is 65.2 Å². The first-order valence-electron chi connectivity index (χ1n) is 7.19. The third-order valence-corrected chi connectivity index (χ3v) is 4.53. The van der Waals surface area contributed by atoms with Crippen molar-refractivity contribution in [2.45, 2.75) is 24.5 Å². The van der Waals surface area contributed by atoms with Gasteiger partial charge in [-0.3, -0.25) is 4.79 Å². The summed E-state index contributed by atoms with van der Waals surface area (Å²) in [5.41, 5.74) is 2.36. The fourth-order valence-electron chi connectivity index (χ4n) is 3.28. The van der Waals surface area contributed by atoms with Crippen LogP contribution in [0.2, 0.25) is 0 Å². The van der Waals surface area contributed by atoms with Gasteiger partial charge in [0, 0.05) is 5.56 Å². The minimum atomic E-state index is -0.636. The van der Waals surface area contributed by atoms with Gasteiger partial charge in [-0.05, 0) is 36.1 Å². The van der Waals surface area contributed by atoms with Crippen LogP contribution in [0, 0.1) is 0 Å². The van der Waals surface area contributed by atoms with Crippen LogP contribution in [0.3, 0.4) is 0 Å². The zero-order valence-electron chi connectivity index (χ0n) is 11.8. The number of rotatable bonds is 2. The van der Waals surface area contributed by atoms with E-state index >= 15 is 0 Å².